The number of rotatable bonds is 11. The summed E-state index contributed by atoms with van der Waals surface area (Å²) in [6, 6.07) is 7.12. The summed E-state index contributed by atoms with van der Waals surface area (Å²) in [5.74, 6) is -0.247. The molecule has 3 heteroatoms. The minimum absolute atomic E-state index is 0.124. The van der Waals surface area contributed by atoms with Gasteiger partial charge in [-0.15, -0.1) is 0 Å². The summed E-state index contributed by atoms with van der Waals surface area (Å²) < 4.78 is 0. The number of nitrogens with zero attached hydrogens (tertiary/aromatic N) is 1. The van der Waals surface area contributed by atoms with Gasteiger partial charge >= 0.3 is 0 Å². The van der Waals surface area contributed by atoms with Gasteiger partial charge in [-0.1, -0.05) is 76.8 Å². The number of amides is 2. The first-order valence-corrected chi connectivity index (χ1v) is 9.21. The quantitative estimate of drug-likeness (QED) is 0.415. The third-order valence-corrected chi connectivity index (χ3v) is 4.61. The molecule has 0 N–H and O–H groups in total. The fourth-order valence-corrected chi connectivity index (χ4v) is 3.20. The van der Waals surface area contributed by atoms with Crippen molar-refractivity contribution in [3.8, 4) is 0 Å². The molecule has 2 amide bonds. The van der Waals surface area contributed by atoms with Crippen LogP contribution in [0, 0.1) is 0 Å². The molecule has 0 spiro atoms. The monoisotopic (exact) mass is 315 g/mol. The number of carbonyl (C=O) groups excluding carboxylic acids is 2. The lowest BCUT2D eigenvalue weighted by Crippen LogP contribution is -2.30. The van der Waals surface area contributed by atoms with E-state index < -0.39 is 0 Å². The van der Waals surface area contributed by atoms with Crippen LogP contribution in [0.5, 0.6) is 0 Å². The number of unbranched alkanes of at least 4 members (excludes halogenated alkanes) is 9. The van der Waals surface area contributed by atoms with Gasteiger partial charge in [-0.05, 0) is 18.6 Å². The molecule has 126 valence electrons. The molecule has 0 aromatic heterocycles. The minimum Gasteiger partial charge on any atom is -0.274 e. The Morgan fingerprint density at radius 3 is 1.61 bits per heavy atom. The molecule has 1 heterocycles. The highest BCUT2D eigenvalue weighted by Crippen LogP contribution is 2.23. The van der Waals surface area contributed by atoms with Crippen molar-refractivity contribution in [2.24, 2.45) is 0 Å². The average molecular weight is 315 g/mol. The van der Waals surface area contributed by atoms with Gasteiger partial charge in [-0.2, -0.15) is 0 Å². The maximum absolute atomic E-state index is 12.2. The normalized spacial score (nSPS) is 13.7. The molecule has 0 aliphatic carbocycles. The molecule has 2 rings (SSSR count). The van der Waals surface area contributed by atoms with Crippen molar-refractivity contribution >= 4 is 11.8 Å². The lowest BCUT2D eigenvalue weighted by molar-refractivity contribution is 0.0651. The Balaban J connectivity index is 1.57. The Morgan fingerprint density at radius 1 is 0.696 bits per heavy atom. The molecule has 1 aliphatic heterocycles. The van der Waals surface area contributed by atoms with Crippen molar-refractivity contribution in [2.45, 2.75) is 71.1 Å². The van der Waals surface area contributed by atoms with Crippen LogP contribution in [0.2, 0.25) is 0 Å². The second-order valence-electron chi connectivity index (χ2n) is 6.49. The van der Waals surface area contributed by atoms with E-state index in [-0.39, 0.29) is 11.8 Å². The fraction of sp³-hybridized carbons (Fsp3) is 0.600. The molecular formula is C20H29NO2. The smallest absolute Gasteiger partial charge is 0.261 e. The molecule has 3 nitrogen and oxygen atoms in total. The standard InChI is InChI=1S/C20H29NO2/c1-2-3-4-5-6-7-8-9-10-13-16-21-19(22)17-14-11-12-15-18(17)20(21)23/h11-12,14-15H,2-10,13,16H2,1H3. The van der Waals surface area contributed by atoms with E-state index in [0.717, 1.165) is 12.8 Å². The van der Waals surface area contributed by atoms with Gasteiger partial charge in [0.05, 0.1) is 11.1 Å². The highest BCUT2D eigenvalue weighted by atomic mass is 16.2. The molecule has 0 bridgehead atoms. The first-order chi connectivity index (χ1) is 11.3. The van der Waals surface area contributed by atoms with E-state index in [2.05, 4.69) is 6.92 Å². The number of fused-ring (bicyclic) bond motifs is 1. The SMILES string of the molecule is CCCCCCCCCCCCN1C(=O)c2ccccc2C1=O. The summed E-state index contributed by atoms with van der Waals surface area (Å²) in [6.45, 7) is 2.80. The van der Waals surface area contributed by atoms with Crippen molar-refractivity contribution in [1.82, 2.24) is 4.90 Å². The van der Waals surface area contributed by atoms with Gasteiger partial charge in [0.2, 0.25) is 0 Å². The summed E-state index contributed by atoms with van der Waals surface area (Å²) in [6.07, 6.45) is 12.6. The third kappa shape index (κ3) is 4.92. The van der Waals surface area contributed by atoms with Gasteiger partial charge in [0.15, 0.2) is 0 Å². The molecule has 0 saturated carbocycles. The van der Waals surface area contributed by atoms with E-state index in [1.165, 1.54) is 56.3 Å². The number of hydrogen-bond donors (Lipinski definition) is 0. The van der Waals surface area contributed by atoms with Gasteiger partial charge < -0.3 is 0 Å². The Labute approximate surface area is 140 Å². The maximum Gasteiger partial charge on any atom is 0.261 e. The van der Waals surface area contributed by atoms with Crippen molar-refractivity contribution in [3.05, 3.63) is 35.4 Å². The molecule has 0 atom stereocenters. The third-order valence-electron chi connectivity index (χ3n) is 4.61. The number of imide groups is 1. The van der Waals surface area contributed by atoms with Crippen LogP contribution >= 0.6 is 0 Å². The summed E-state index contributed by atoms with van der Waals surface area (Å²) in [7, 11) is 0. The van der Waals surface area contributed by atoms with Crippen LogP contribution in [-0.4, -0.2) is 23.3 Å². The molecule has 1 aliphatic rings. The van der Waals surface area contributed by atoms with Crippen LogP contribution in [0.4, 0.5) is 0 Å². The summed E-state index contributed by atoms with van der Waals surface area (Å²) >= 11 is 0. The van der Waals surface area contributed by atoms with Crippen LogP contribution in [0.1, 0.15) is 91.8 Å². The second kappa shape index (κ2) is 9.49. The van der Waals surface area contributed by atoms with E-state index in [1.807, 2.05) is 12.1 Å². The van der Waals surface area contributed by atoms with Crippen molar-refractivity contribution in [3.63, 3.8) is 0 Å². The number of hydrogen-bond acceptors (Lipinski definition) is 2. The molecule has 0 fully saturated rings. The molecule has 0 saturated heterocycles. The molecule has 1 aromatic carbocycles. The van der Waals surface area contributed by atoms with Crippen molar-refractivity contribution in [2.75, 3.05) is 6.54 Å². The van der Waals surface area contributed by atoms with Gasteiger partial charge in [-0.25, -0.2) is 0 Å². The average Bonchev–Trinajstić information content (AvgIpc) is 2.81. The van der Waals surface area contributed by atoms with E-state index in [4.69, 9.17) is 0 Å². The zero-order valence-electron chi connectivity index (χ0n) is 14.4. The summed E-state index contributed by atoms with van der Waals surface area (Å²) in [5.41, 5.74) is 1.12. The zero-order chi connectivity index (χ0) is 16.5. The largest absolute Gasteiger partial charge is 0.274 e. The Kier molecular flexibility index (Phi) is 7.31. The molecule has 23 heavy (non-hydrogen) atoms. The van der Waals surface area contributed by atoms with Crippen LogP contribution in [0.3, 0.4) is 0 Å². The Bertz CT molecular complexity index is 489. The first kappa shape index (κ1) is 17.7. The predicted octanol–water partition coefficient (Wildman–Crippen LogP) is 5.20. The minimum atomic E-state index is -0.124. The highest BCUT2D eigenvalue weighted by molar-refractivity contribution is 6.21. The topological polar surface area (TPSA) is 37.4 Å². The summed E-state index contributed by atoms with van der Waals surface area (Å²) in [4.78, 5) is 25.8. The van der Waals surface area contributed by atoms with Crippen molar-refractivity contribution in [1.29, 1.82) is 0 Å². The van der Waals surface area contributed by atoms with Gasteiger partial charge in [0.1, 0.15) is 0 Å². The first-order valence-electron chi connectivity index (χ1n) is 9.21. The fourth-order valence-electron chi connectivity index (χ4n) is 3.20. The van der Waals surface area contributed by atoms with Crippen LogP contribution in [0.25, 0.3) is 0 Å². The molecular weight excluding hydrogens is 286 g/mol. The predicted molar refractivity (Wildman–Crippen MR) is 93.7 cm³/mol. The van der Waals surface area contributed by atoms with E-state index >= 15 is 0 Å². The Morgan fingerprint density at radius 2 is 1.13 bits per heavy atom. The summed E-state index contributed by atoms with van der Waals surface area (Å²) in [5, 5.41) is 0. The van der Waals surface area contributed by atoms with E-state index in [1.54, 1.807) is 12.1 Å². The second-order valence-corrected chi connectivity index (χ2v) is 6.49. The maximum atomic E-state index is 12.2. The number of benzene rings is 1. The molecule has 0 radical (unpaired) electrons. The van der Waals surface area contributed by atoms with Crippen molar-refractivity contribution < 1.29 is 9.59 Å². The lowest BCUT2D eigenvalue weighted by atomic mass is 10.1. The highest BCUT2D eigenvalue weighted by Gasteiger charge is 2.34. The Hall–Kier alpha value is -1.64. The zero-order valence-corrected chi connectivity index (χ0v) is 14.4. The van der Waals surface area contributed by atoms with Gasteiger partial charge in [0.25, 0.3) is 11.8 Å². The number of carbonyl (C=O) groups is 2. The van der Waals surface area contributed by atoms with Crippen LogP contribution < -0.4 is 0 Å². The van der Waals surface area contributed by atoms with Gasteiger partial charge in [-0.3, -0.25) is 14.5 Å². The van der Waals surface area contributed by atoms with Crippen LogP contribution in [-0.2, 0) is 0 Å². The van der Waals surface area contributed by atoms with Crippen LogP contribution in [0.15, 0.2) is 24.3 Å². The molecule has 0 unspecified atom stereocenters. The lowest BCUT2D eigenvalue weighted by Gasteiger charge is -2.13. The van der Waals surface area contributed by atoms with E-state index in [0.29, 0.717) is 17.7 Å². The van der Waals surface area contributed by atoms with E-state index in [9.17, 15) is 9.59 Å². The molecule has 1 aromatic rings. The van der Waals surface area contributed by atoms with Gasteiger partial charge in [0, 0.05) is 6.54 Å².